The van der Waals surface area contributed by atoms with Gasteiger partial charge in [0.05, 0.1) is 39.9 Å². The molecule has 3 atom stereocenters. The molecule has 0 aliphatic rings. The van der Waals surface area contributed by atoms with Gasteiger partial charge in [-0.1, -0.05) is 178 Å². The second-order valence-corrected chi connectivity index (χ2v) is 17.8. The molecule has 0 rings (SSSR count). The average molecular weight is 795 g/mol. The zero-order valence-corrected chi connectivity index (χ0v) is 37.3. The fourth-order valence-electron chi connectivity index (χ4n) is 6.26. The van der Waals surface area contributed by atoms with Crippen LogP contribution in [0.3, 0.4) is 0 Å². The Balaban J connectivity index is 4.42. The molecule has 55 heavy (non-hydrogen) atoms. The highest BCUT2D eigenvalue weighted by Gasteiger charge is 2.24. The number of allylic oxidation sites excluding steroid dienone is 8. The highest BCUT2D eigenvalue weighted by molar-refractivity contribution is 7.45. The van der Waals surface area contributed by atoms with Gasteiger partial charge in [0.1, 0.15) is 13.2 Å². The maximum absolute atomic E-state index is 12.9. The van der Waals surface area contributed by atoms with E-state index < -0.39 is 20.0 Å². The topological polar surface area (TPSA) is 108 Å². The maximum atomic E-state index is 12.9. The second-order valence-electron chi connectivity index (χ2n) is 16.4. The number of hydrogen-bond acceptors (Lipinski definition) is 6. The number of amides is 1. The molecule has 9 heteroatoms. The Kier molecular flexibility index (Phi) is 36.9. The molecular formula is C46H87N2O6P. The number of hydrogen-bond donors (Lipinski definition) is 2. The van der Waals surface area contributed by atoms with Gasteiger partial charge in [-0.05, 0) is 51.4 Å². The number of carbonyl (C=O) groups is 1. The lowest BCUT2D eigenvalue weighted by molar-refractivity contribution is -0.870. The maximum Gasteiger partial charge on any atom is 0.268 e. The fraction of sp³-hybridized carbons (Fsp3) is 0.804. The summed E-state index contributed by atoms with van der Waals surface area (Å²) in [5.41, 5.74) is 0. The van der Waals surface area contributed by atoms with E-state index in [4.69, 9.17) is 9.05 Å². The van der Waals surface area contributed by atoms with Crippen LogP contribution in [0.2, 0.25) is 0 Å². The standard InChI is InChI=1S/C46H87N2O6P/c1-6-8-10-12-14-16-18-20-22-24-26-28-30-32-34-36-38-40-46(50)47-44(43-54-55(51,52)53-42-41-48(3,4)5)45(49)39-37-35-33-31-29-27-25-23-21-19-17-15-13-11-9-7-2/h8,10,14,16,20,22,26,28,44-45,49H,6-7,9,11-13,15,17-19,21,23-25,27,29-43H2,1-5H3,(H-,47,50,51,52)/b10-8-,16-14-,22-20-,28-26-. The Morgan fingerprint density at radius 3 is 1.62 bits per heavy atom. The third kappa shape index (κ3) is 40.5. The fourth-order valence-corrected chi connectivity index (χ4v) is 6.99. The Bertz CT molecular complexity index is 1040. The van der Waals surface area contributed by atoms with Crippen LogP contribution in [0.4, 0.5) is 0 Å². The van der Waals surface area contributed by atoms with Crippen molar-refractivity contribution in [3.63, 3.8) is 0 Å². The van der Waals surface area contributed by atoms with Gasteiger partial charge in [0.2, 0.25) is 5.91 Å². The number of quaternary nitrogens is 1. The number of likely N-dealkylation sites (N-methyl/N-ethyl adjacent to an activating group) is 1. The summed E-state index contributed by atoms with van der Waals surface area (Å²) >= 11 is 0. The number of phosphoric acid groups is 1. The predicted octanol–water partition coefficient (Wildman–Crippen LogP) is 11.8. The van der Waals surface area contributed by atoms with Crippen molar-refractivity contribution in [2.24, 2.45) is 0 Å². The Morgan fingerprint density at radius 1 is 0.655 bits per heavy atom. The van der Waals surface area contributed by atoms with Crippen LogP contribution in [0.5, 0.6) is 0 Å². The Labute approximate surface area is 339 Å². The highest BCUT2D eigenvalue weighted by atomic mass is 31.2. The molecule has 0 aromatic heterocycles. The van der Waals surface area contributed by atoms with E-state index in [-0.39, 0.29) is 19.1 Å². The predicted molar refractivity (Wildman–Crippen MR) is 233 cm³/mol. The molecule has 0 radical (unpaired) electrons. The van der Waals surface area contributed by atoms with Crippen molar-refractivity contribution >= 4 is 13.7 Å². The molecule has 1 amide bonds. The van der Waals surface area contributed by atoms with Gasteiger partial charge in [-0.25, -0.2) is 0 Å². The van der Waals surface area contributed by atoms with E-state index in [1.807, 2.05) is 21.1 Å². The number of nitrogens with one attached hydrogen (secondary N) is 1. The quantitative estimate of drug-likeness (QED) is 0.0277. The molecule has 2 N–H and O–H groups in total. The number of aliphatic hydroxyl groups excluding tert-OH is 1. The first-order valence-corrected chi connectivity index (χ1v) is 23.9. The van der Waals surface area contributed by atoms with Crippen LogP contribution in [0.15, 0.2) is 48.6 Å². The molecule has 0 spiro atoms. The van der Waals surface area contributed by atoms with Crippen LogP contribution in [0.1, 0.15) is 187 Å². The SMILES string of the molecule is CC/C=C\C/C=C\C/C=C\C/C=C\CCCCCCC(=O)NC(COP(=O)([O-])OCC[N+](C)(C)C)C(O)CCCCCCCCCCCCCCCCCC. The Hall–Kier alpha value is -1.54. The zero-order valence-electron chi connectivity index (χ0n) is 36.4. The molecule has 0 bridgehead atoms. The van der Waals surface area contributed by atoms with E-state index in [1.54, 1.807) is 0 Å². The van der Waals surface area contributed by atoms with Crippen LogP contribution in [-0.4, -0.2) is 68.5 Å². The summed E-state index contributed by atoms with van der Waals surface area (Å²) in [7, 11) is 1.28. The number of nitrogens with zero attached hydrogens (tertiary/aromatic N) is 1. The normalized spacial score (nSPS) is 14.8. The number of phosphoric ester groups is 1. The van der Waals surface area contributed by atoms with Crippen LogP contribution in [-0.2, 0) is 18.4 Å². The van der Waals surface area contributed by atoms with Gasteiger partial charge in [0, 0.05) is 6.42 Å². The molecule has 0 fully saturated rings. The smallest absolute Gasteiger partial charge is 0.268 e. The van der Waals surface area contributed by atoms with Crippen molar-refractivity contribution in [1.82, 2.24) is 5.32 Å². The number of aliphatic hydroxyl groups is 1. The minimum atomic E-state index is -4.57. The van der Waals surface area contributed by atoms with Crippen LogP contribution < -0.4 is 10.2 Å². The van der Waals surface area contributed by atoms with Crippen LogP contribution in [0.25, 0.3) is 0 Å². The van der Waals surface area contributed by atoms with Gasteiger partial charge >= 0.3 is 0 Å². The molecule has 8 nitrogen and oxygen atoms in total. The Morgan fingerprint density at radius 2 is 1.11 bits per heavy atom. The molecule has 322 valence electrons. The van der Waals surface area contributed by atoms with Crippen molar-refractivity contribution in [2.75, 3.05) is 40.9 Å². The number of rotatable bonds is 40. The van der Waals surface area contributed by atoms with E-state index in [0.29, 0.717) is 23.9 Å². The first kappa shape index (κ1) is 53.5. The molecule has 0 saturated carbocycles. The summed E-state index contributed by atoms with van der Waals surface area (Å²) in [5.74, 6) is -0.190. The molecule has 3 unspecified atom stereocenters. The van der Waals surface area contributed by atoms with E-state index in [0.717, 1.165) is 77.0 Å². The third-order valence-electron chi connectivity index (χ3n) is 9.83. The van der Waals surface area contributed by atoms with Crippen molar-refractivity contribution in [1.29, 1.82) is 0 Å². The van der Waals surface area contributed by atoms with Gasteiger partial charge in [-0.3, -0.25) is 9.36 Å². The highest BCUT2D eigenvalue weighted by Crippen LogP contribution is 2.38. The molecule has 0 aromatic rings. The van der Waals surface area contributed by atoms with Gasteiger partial charge < -0.3 is 28.8 Å². The summed E-state index contributed by atoms with van der Waals surface area (Å²) in [4.78, 5) is 25.3. The molecule has 0 aliphatic carbocycles. The third-order valence-corrected chi connectivity index (χ3v) is 10.8. The minimum absolute atomic E-state index is 0.00529. The van der Waals surface area contributed by atoms with Crippen LogP contribution >= 0.6 is 7.82 Å². The molecule has 0 aromatic carbocycles. The van der Waals surface area contributed by atoms with Gasteiger partial charge in [-0.2, -0.15) is 0 Å². The molecule has 0 heterocycles. The number of unbranched alkanes of at least 4 members (excludes halogenated alkanes) is 19. The summed E-state index contributed by atoms with van der Waals surface area (Å²) in [6.07, 6.45) is 46.8. The summed E-state index contributed by atoms with van der Waals surface area (Å²) in [5, 5.41) is 13.9. The lowest BCUT2D eigenvalue weighted by atomic mass is 10.0. The van der Waals surface area contributed by atoms with Crippen molar-refractivity contribution in [3.05, 3.63) is 48.6 Å². The lowest BCUT2D eigenvalue weighted by Crippen LogP contribution is -2.46. The second kappa shape index (κ2) is 38.0. The van der Waals surface area contributed by atoms with E-state index in [1.165, 1.54) is 83.5 Å². The van der Waals surface area contributed by atoms with Crippen molar-refractivity contribution < 1.29 is 32.9 Å². The van der Waals surface area contributed by atoms with Crippen molar-refractivity contribution in [3.8, 4) is 0 Å². The van der Waals surface area contributed by atoms with Crippen LogP contribution in [0, 0.1) is 0 Å². The summed E-state index contributed by atoms with van der Waals surface area (Å²) in [6, 6.07) is -0.814. The first-order valence-electron chi connectivity index (χ1n) is 22.5. The first-order chi connectivity index (χ1) is 26.5. The molecule has 0 saturated heterocycles. The minimum Gasteiger partial charge on any atom is -0.756 e. The summed E-state index contributed by atoms with van der Waals surface area (Å²) in [6.45, 7) is 4.58. The average Bonchev–Trinajstić information content (AvgIpc) is 3.13. The van der Waals surface area contributed by atoms with E-state index >= 15 is 0 Å². The largest absolute Gasteiger partial charge is 0.756 e. The molecular weight excluding hydrogens is 707 g/mol. The van der Waals surface area contributed by atoms with E-state index in [9.17, 15) is 19.4 Å². The van der Waals surface area contributed by atoms with E-state index in [2.05, 4.69) is 67.8 Å². The van der Waals surface area contributed by atoms with Crippen molar-refractivity contribution in [2.45, 2.75) is 199 Å². The zero-order chi connectivity index (χ0) is 40.7. The van der Waals surface area contributed by atoms with Gasteiger partial charge in [0.15, 0.2) is 0 Å². The summed E-state index contributed by atoms with van der Waals surface area (Å²) < 4.78 is 23.3. The van der Waals surface area contributed by atoms with Gasteiger partial charge in [-0.15, -0.1) is 0 Å². The lowest BCUT2D eigenvalue weighted by Gasteiger charge is -2.30. The monoisotopic (exact) mass is 795 g/mol. The molecule has 0 aliphatic heterocycles. The number of carbonyl (C=O) groups excluding carboxylic acids is 1. The van der Waals surface area contributed by atoms with Gasteiger partial charge in [0.25, 0.3) is 7.82 Å².